The van der Waals surface area contributed by atoms with Crippen molar-refractivity contribution in [1.29, 1.82) is 0 Å². The standard InChI is InChI=1S/C17H16Cl2N2O3S2/c18-15-12-14(16(19)25-15)17(22)20-7-9-21(10-8-20)26(23,24)11-6-13-4-2-1-3-5-13/h1-6,11-12H,7-10H2/b11-6+. The first-order valence-electron chi connectivity index (χ1n) is 7.84. The lowest BCUT2D eigenvalue weighted by Crippen LogP contribution is -2.50. The highest BCUT2D eigenvalue weighted by Crippen LogP contribution is 2.32. The highest BCUT2D eigenvalue weighted by molar-refractivity contribution is 7.92. The number of carbonyl (C=O) groups is 1. The van der Waals surface area contributed by atoms with E-state index in [4.69, 9.17) is 23.2 Å². The van der Waals surface area contributed by atoms with E-state index >= 15 is 0 Å². The predicted octanol–water partition coefficient (Wildman–Crippen LogP) is 3.81. The molecule has 1 aromatic heterocycles. The minimum absolute atomic E-state index is 0.227. The molecule has 0 atom stereocenters. The number of sulfonamides is 1. The number of amides is 1. The molecule has 2 aromatic rings. The summed E-state index contributed by atoms with van der Waals surface area (Å²) in [5.74, 6) is -0.227. The van der Waals surface area contributed by atoms with Gasteiger partial charge in [0.05, 0.1) is 9.90 Å². The number of piperazine rings is 1. The van der Waals surface area contributed by atoms with Crippen molar-refractivity contribution in [3.63, 3.8) is 0 Å². The SMILES string of the molecule is O=C(c1cc(Cl)sc1Cl)N1CCN(S(=O)(=O)/C=C/c2ccccc2)CC1. The highest BCUT2D eigenvalue weighted by atomic mass is 35.5. The van der Waals surface area contributed by atoms with E-state index in [1.165, 1.54) is 9.71 Å². The molecule has 138 valence electrons. The van der Waals surface area contributed by atoms with Gasteiger partial charge in [0.25, 0.3) is 5.91 Å². The summed E-state index contributed by atoms with van der Waals surface area (Å²) in [5.41, 5.74) is 1.18. The molecule has 1 amide bonds. The topological polar surface area (TPSA) is 57.7 Å². The first-order chi connectivity index (χ1) is 12.4. The lowest BCUT2D eigenvalue weighted by molar-refractivity contribution is 0.0699. The molecule has 0 bridgehead atoms. The van der Waals surface area contributed by atoms with E-state index in [0.717, 1.165) is 16.9 Å². The average Bonchev–Trinajstić information content (AvgIpc) is 2.98. The van der Waals surface area contributed by atoms with Crippen molar-refractivity contribution in [3.05, 3.63) is 61.6 Å². The van der Waals surface area contributed by atoms with Gasteiger partial charge in [-0.2, -0.15) is 4.31 Å². The van der Waals surface area contributed by atoms with Crippen molar-refractivity contribution in [1.82, 2.24) is 9.21 Å². The van der Waals surface area contributed by atoms with Gasteiger partial charge in [0.2, 0.25) is 10.0 Å². The highest BCUT2D eigenvalue weighted by Gasteiger charge is 2.29. The van der Waals surface area contributed by atoms with E-state index in [-0.39, 0.29) is 19.0 Å². The van der Waals surface area contributed by atoms with Gasteiger partial charge in [-0.1, -0.05) is 53.5 Å². The molecule has 3 rings (SSSR count). The summed E-state index contributed by atoms with van der Waals surface area (Å²) in [6.07, 6.45) is 1.57. The summed E-state index contributed by atoms with van der Waals surface area (Å²) < 4.78 is 27.1. The van der Waals surface area contributed by atoms with Crippen LogP contribution in [0, 0.1) is 0 Å². The Labute approximate surface area is 166 Å². The van der Waals surface area contributed by atoms with Gasteiger partial charge in [0, 0.05) is 31.6 Å². The molecular weight excluding hydrogens is 415 g/mol. The Kier molecular flexibility index (Phi) is 6.04. The summed E-state index contributed by atoms with van der Waals surface area (Å²) in [7, 11) is -3.53. The van der Waals surface area contributed by atoms with Crippen LogP contribution in [0.4, 0.5) is 0 Å². The number of hydrogen-bond donors (Lipinski definition) is 0. The van der Waals surface area contributed by atoms with Crippen LogP contribution in [-0.2, 0) is 10.0 Å². The van der Waals surface area contributed by atoms with Crippen LogP contribution in [0.5, 0.6) is 0 Å². The number of nitrogens with zero attached hydrogens (tertiary/aromatic N) is 2. The van der Waals surface area contributed by atoms with Crippen LogP contribution < -0.4 is 0 Å². The second-order valence-electron chi connectivity index (χ2n) is 5.69. The fraction of sp³-hybridized carbons (Fsp3) is 0.235. The maximum absolute atomic E-state index is 12.5. The van der Waals surface area contributed by atoms with Gasteiger partial charge in [0.1, 0.15) is 4.34 Å². The zero-order valence-electron chi connectivity index (χ0n) is 13.6. The molecule has 0 radical (unpaired) electrons. The Hall–Kier alpha value is -1.38. The van der Waals surface area contributed by atoms with Gasteiger partial charge in [-0.3, -0.25) is 4.79 Å². The normalized spacial score (nSPS) is 16.3. The smallest absolute Gasteiger partial charge is 0.256 e. The number of thiophene rings is 1. The Morgan fingerprint density at radius 1 is 1.08 bits per heavy atom. The van der Waals surface area contributed by atoms with Crippen molar-refractivity contribution >= 4 is 56.5 Å². The molecule has 1 aliphatic heterocycles. The molecule has 1 fully saturated rings. The second-order valence-corrected chi connectivity index (χ2v) is 9.79. The summed E-state index contributed by atoms with van der Waals surface area (Å²) in [6.45, 7) is 1.09. The molecule has 0 spiro atoms. The Balaban J connectivity index is 1.63. The third-order valence-corrected chi connectivity index (χ3v) is 7.06. The zero-order valence-corrected chi connectivity index (χ0v) is 16.8. The van der Waals surface area contributed by atoms with Gasteiger partial charge >= 0.3 is 0 Å². The first kappa shape index (κ1) is 19.4. The van der Waals surface area contributed by atoms with Crippen molar-refractivity contribution in [2.24, 2.45) is 0 Å². The number of benzene rings is 1. The van der Waals surface area contributed by atoms with Gasteiger partial charge in [-0.25, -0.2) is 8.42 Å². The minimum Gasteiger partial charge on any atom is -0.336 e. The van der Waals surface area contributed by atoms with E-state index in [9.17, 15) is 13.2 Å². The number of halogens is 2. The summed E-state index contributed by atoms with van der Waals surface area (Å²) in [5, 5.41) is 1.20. The van der Waals surface area contributed by atoms with Crippen LogP contribution in [0.3, 0.4) is 0 Å². The first-order valence-corrected chi connectivity index (χ1v) is 10.9. The number of rotatable bonds is 4. The largest absolute Gasteiger partial charge is 0.336 e. The molecule has 0 saturated carbocycles. The third-order valence-electron chi connectivity index (χ3n) is 4.00. The second kappa shape index (κ2) is 8.10. The van der Waals surface area contributed by atoms with Gasteiger partial charge in [-0.05, 0) is 17.7 Å². The maximum Gasteiger partial charge on any atom is 0.256 e. The molecule has 2 heterocycles. The van der Waals surface area contributed by atoms with Gasteiger partial charge in [-0.15, -0.1) is 11.3 Å². The number of hydrogen-bond acceptors (Lipinski definition) is 4. The van der Waals surface area contributed by atoms with Crippen molar-refractivity contribution < 1.29 is 13.2 Å². The van der Waals surface area contributed by atoms with E-state index in [2.05, 4.69) is 0 Å². The molecule has 1 aliphatic rings. The third kappa shape index (κ3) is 4.47. The van der Waals surface area contributed by atoms with E-state index in [1.54, 1.807) is 17.0 Å². The molecule has 1 aromatic carbocycles. The fourth-order valence-electron chi connectivity index (χ4n) is 2.62. The maximum atomic E-state index is 12.5. The predicted molar refractivity (Wildman–Crippen MR) is 106 cm³/mol. The molecular formula is C17H16Cl2N2O3S2. The molecule has 9 heteroatoms. The number of carbonyl (C=O) groups excluding carboxylic acids is 1. The van der Waals surface area contributed by atoms with Crippen molar-refractivity contribution in [2.45, 2.75) is 0 Å². The Bertz CT molecular complexity index is 919. The summed E-state index contributed by atoms with van der Waals surface area (Å²) in [6, 6.07) is 10.8. The van der Waals surface area contributed by atoms with Crippen LogP contribution in [-0.4, -0.2) is 49.7 Å². The quantitative estimate of drug-likeness (QED) is 0.740. The van der Waals surface area contributed by atoms with Crippen LogP contribution in [0.1, 0.15) is 15.9 Å². The van der Waals surface area contributed by atoms with Gasteiger partial charge in [0.15, 0.2) is 0 Å². The molecule has 0 N–H and O–H groups in total. The molecule has 0 aliphatic carbocycles. The monoisotopic (exact) mass is 430 g/mol. The van der Waals surface area contributed by atoms with E-state index in [0.29, 0.717) is 27.3 Å². The molecule has 0 unspecified atom stereocenters. The van der Waals surface area contributed by atoms with Crippen LogP contribution >= 0.6 is 34.5 Å². The van der Waals surface area contributed by atoms with Crippen LogP contribution in [0.2, 0.25) is 8.67 Å². The zero-order chi connectivity index (χ0) is 18.7. The average molecular weight is 431 g/mol. The summed E-state index contributed by atoms with van der Waals surface area (Å²) >= 11 is 13.1. The van der Waals surface area contributed by atoms with E-state index in [1.807, 2.05) is 30.3 Å². The van der Waals surface area contributed by atoms with Crippen molar-refractivity contribution in [3.8, 4) is 0 Å². The Morgan fingerprint density at radius 2 is 1.73 bits per heavy atom. The van der Waals surface area contributed by atoms with E-state index < -0.39 is 10.0 Å². The molecule has 26 heavy (non-hydrogen) atoms. The molecule has 5 nitrogen and oxygen atoms in total. The van der Waals surface area contributed by atoms with Crippen LogP contribution in [0.15, 0.2) is 41.8 Å². The van der Waals surface area contributed by atoms with Crippen LogP contribution in [0.25, 0.3) is 6.08 Å². The Morgan fingerprint density at radius 3 is 2.31 bits per heavy atom. The summed E-state index contributed by atoms with van der Waals surface area (Å²) in [4.78, 5) is 14.1. The fourth-order valence-corrected chi connectivity index (χ4v) is 5.24. The lowest BCUT2D eigenvalue weighted by atomic mass is 10.2. The minimum atomic E-state index is -3.53. The van der Waals surface area contributed by atoms with Gasteiger partial charge < -0.3 is 4.90 Å². The lowest BCUT2D eigenvalue weighted by Gasteiger charge is -2.33. The molecule has 1 saturated heterocycles. The van der Waals surface area contributed by atoms with Crippen molar-refractivity contribution in [2.75, 3.05) is 26.2 Å².